The third-order valence-electron chi connectivity index (χ3n) is 6.05. The summed E-state index contributed by atoms with van der Waals surface area (Å²) < 4.78 is 5.80. The molecule has 6 heteroatoms. The van der Waals surface area contributed by atoms with Crippen LogP contribution >= 0.6 is 0 Å². The van der Waals surface area contributed by atoms with Crippen LogP contribution in [0.15, 0.2) is 72.6 Å². The lowest BCUT2D eigenvalue weighted by Gasteiger charge is -2.25. The highest BCUT2D eigenvalue weighted by Crippen LogP contribution is 2.41. The standard InChI is InChI=1S/C29H30N2O4/c1-18(2)17-35-23-11-12-24(20(4)14-23)27(32)25-26(22-9-7-19(3)8-10-22)31(29(34)28(25)33)16-21-6-5-13-30-15-21/h5-15,18,26,32H,16-17H2,1-4H3/b27-25+/t26-/m1/s1. The van der Waals surface area contributed by atoms with Gasteiger partial charge in [-0.05, 0) is 60.7 Å². The van der Waals surface area contributed by atoms with Gasteiger partial charge in [0.15, 0.2) is 0 Å². The van der Waals surface area contributed by atoms with Crippen LogP contribution in [0.5, 0.6) is 5.75 Å². The summed E-state index contributed by atoms with van der Waals surface area (Å²) in [6.07, 6.45) is 3.33. The SMILES string of the molecule is Cc1ccc([C@@H]2/C(=C(\O)c3ccc(OCC(C)C)cc3C)C(=O)C(=O)N2Cc2cccnc2)cc1. The second-order valence-corrected chi connectivity index (χ2v) is 9.38. The molecule has 1 aromatic heterocycles. The number of aryl methyl sites for hydroxylation is 2. The van der Waals surface area contributed by atoms with Crippen molar-refractivity contribution >= 4 is 17.4 Å². The average Bonchev–Trinajstić information content (AvgIpc) is 3.08. The Morgan fingerprint density at radius 2 is 1.83 bits per heavy atom. The smallest absolute Gasteiger partial charge is 0.295 e. The molecule has 0 unspecified atom stereocenters. The zero-order valence-electron chi connectivity index (χ0n) is 20.5. The number of aliphatic hydroxyl groups excluding tert-OH is 1. The maximum atomic E-state index is 13.3. The number of carbonyl (C=O) groups is 2. The van der Waals surface area contributed by atoms with Crippen LogP contribution in [-0.2, 0) is 16.1 Å². The molecule has 2 aromatic carbocycles. The minimum atomic E-state index is -0.716. The van der Waals surface area contributed by atoms with Crippen LogP contribution in [0.1, 0.15) is 47.7 Å². The van der Waals surface area contributed by atoms with Crippen LogP contribution in [-0.4, -0.2) is 33.3 Å². The summed E-state index contributed by atoms with van der Waals surface area (Å²) in [5, 5.41) is 11.4. The van der Waals surface area contributed by atoms with E-state index < -0.39 is 17.7 Å². The van der Waals surface area contributed by atoms with Gasteiger partial charge in [0.05, 0.1) is 18.2 Å². The molecule has 0 saturated carbocycles. The van der Waals surface area contributed by atoms with E-state index in [0.29, 0.717) is 23.8 Å². The Kier molecular flexibility index (Phi) is 7.01. The topological polar surface area (TPSA) is 79.7 Å². The molecule has 0 radical (unpaired) electrons. The van der Waals surface area contributed by atoms with Gasteiger partial charge in [-0.3, -0.25) is 14.6 Å². The number of benzene rings is 2. The minimum Gasteiger partial charge on any atom is -0.507 e. The fraction of sp³-hybridized carbons (Fsp3) is 0.276. The number of hydrogen-bond acceptors (Lipinski definition) is 5. The highest BCUT2D eigenvalue weighted by molar-refractivity contribution is 6.46. The number of likely N-dealkylation sites (tertiary alicyclic amines) is 1. The molecule has 35 heavy (non-hydrogen) atoms. The molecule has 6 nitrogen and oxygen atoms in total. The van der Waals surface area contributed by atoms with Gasteiger partial charge in [0.25, 0.3) is 11.7 Å². The highest BCUT2D eigenvalue weighted by Gasteiger charge is 2.46. The van der Waals surface area contributed by atoms with Crippen LogP contribution in [0.4, 0.5) is 0 Å². The summed E-state index contributed by atoms with van der Waals surface area (Å²) in [6, 6.07) is 15.9. The first-order chi connectivity index (χ1) is 16.8. The van der Waals surface area contributed by atoms with Gasteiger partial charge in [0.2, 0.25) is 0 Å². The number of hydrogen-bond donors (Lipinski definition) is 1. The highest BCUT2D eigenvalue weighted by atomic mass is 16.5. The first-order valence-electron chi connectivity index (χ1n) is 11.7. The van der Waals surface area contributed by atoms with Gasteiger partial charge in [-0.1, -0.05) is 49.7 Å². The van der Waals surface area contributed by atoms with Gasteiger partial charge < -0.3 is 14.7 Å². The molecular weight excluding hydrogens is 440 g/mol. The number of Topliss-reactive ketones (excluding diaryl/α,β-unsaturated/α-hetero) is 1. The Labute approximate surface area is 205 Å². The summed E-state index contributed by atoms with van der Waals surface area (Å²) in [6.45, 7) is 8.75. The molecule has 4 rings (SSSR count). The predicted molar refractivity (Wildman–Crippen MR) is 135 cm³/mol. The van der Waals surface area contributed by atoms with Gasteiger partial charge in [-0.15, -0.1) is 0 Å². The molecule has 2 heterocycles. The molecule has 1 amide bonds. The monoisotopic (exact) mass is 470 g/mol. The Balaban J connectivity index is 1.79. The maximum absolute atomic E-state index is 13.3. The Morgan fingerprint density at radius 1 is 1.09 bits per heavy atom. The van der Waals surface area contributed by atoms with Crippen molar-refractivity contribution in [3.63, 3.8) is 0 Å². The predicted octanol–water partition coefficient (Wildman–Crippen LogP) is 5.36. The van der Waals surface area contributed by atoms with E-state index >= 15 is 0 Å². The lowest BCUT2D eigenvalue weighted by Crippen LogP contribution is -2.29. The number of aromatic nitrogens is 1. The second-order valence-electron chi connectivity index (χ2n) is 9.38. The summed E-state index contributed by atoms with van der Waals surface area (Å²) in [7, 11) is 0. The zero-order valence-corrected chi connectivity index (χ0v) is 20.5. The number of aliphatic hydroxyl groups is 1. The number of carbonyl (C=O) groups excluding carboxylic acids is 2. The quantitative estimate of drug-likeness (QED) is 0.286. The van der Waals surface area contributed by atoms with Crippen molar-refractivity contribution in [3.05, 3.63) is 100 Å². The van der Waals surface area contributed by atoms with Crippen LogP contribution in [0, 0.1) is 19.8 Å². The van der Waals surface area contributed by atoms with E-state index in [1.54, 1.807) is 30.6 Å². The molecule has 180 valence electrons. The van der Waals surface area contributed by atoms with Gasteiger partial charge in [0, 0.05) is 24.5 Å². The maximum Gasteiger partial charge on any atom is 0.295 e. The fourth-order valence-electron chi connectivity index (χ4n) is 4.23. The Morgan fingerprint density at radius 3 is 2.46 bits per heavy atom. The second kappa shape index (κ2) is 10.1. The number of nitrogens with zero attached hydrogens (tertiary/aromatic N) is 2. The van der Waals surface area contributed by atoms with Crippen molar-refractivity contribution in [3.8, 4) is 5.75 Å². The van der Waals surface area contributed by atoms with Gasteiger partial charge in [0.1, 0.15) is 11.5 Å². The molecule has 1 N–H and O–H groups in total. The minimum absolute atomic E-state index is 0.0849. The summed E-state index contributed by atoms with van der Waals surface area (Å²) in [5.41, 5.74) is 3.96. The van der Waals surface area contributed by atoms with E-state index in [4.69, 9.17) is 4.74 Å². The summed E-state index contributed by atoms with van der Waals surface area (Å²) in [4.78, 5) is 32.1. The number of rotatable bonds is 7. The first kappa shape index (κ1) is 24.2. The number of amides is 1. The Hall–Kier alpha value is -3.93. The molecule has 1 fully saturated rings. The lowest BCUT2D eigenvalue weighted by molar-refractivity contribution is -0.140. The molecule has 1 saturated heterocycles. The third kappa shape index (κ3) is 5.11. The van der Waals surface area contributed by atoms with E-state index in [-0.39, 0.29) is 17.9 Å². The molecule has 1 atom stereocenters. The molecule has 0 spiro atoms. The summed E-state index contributed by atoms with van der Waals surface area (Å²) >= 11 is 0. The van der Waals surface area contributed by atoms with E-state index in [2.05, 4.69) is 18.8 Å². The van der Waals surface area contributed by atoms with Crippen molar-refractivity contribution in [1.82, 2.24) is 9.88 Å². The molecular formula is C29H30N2O4. The van der Waals surface area contributed by atoms with E-state index in [9.17, 15) is 14.7 Å². The fourth-order valence-corrected chi connectivity index (χ4v) is 4.23. The molecule has 0 aliphatic carbocycles. The lowest BCUT2D eigenvalue weighted by atomic mass is 9.93. The van der Waals surface area contributed by atoms with Crippen molar-refractivity contribution < 1.29 is 19.4 Å². The number of ether oxygens (including phenoxy) is 1. The zero-order chi connectivity index (χ0) is 25.1. The molecule has 0 bridgehead atoms. The normalized spacial score (nSPS) is 17.3. The van der Waals surface area contributed by atoms with Crippen LogP contribution in [0.2, 0.25) is 0 Å². The van der Waals surface area contributed by atoms with Crippen molar-refractivity contribution in [1.29, 1.82) is 0 Å². The summed E-state index contributed by atoms with van der Waals surface area (Å²) in [5.74, 6) is -0.448. The molecule has 1 aliphatic heterocycles. The van der Waals surface area contributed by atoms with E-state index in [0.717, 1.165) is 22.3 Å². The van der Waals surface area contributed by atoms with E-state index in [1.165, 1.54) is 4.90 Å². The average molecular weight is 471 g/mol. The van der Waals surface area contributed by atoms with Crippen molar-refractivity contribution in [2.75, 3.05) is 6.61 Å². The van der Waals surface area contributed by atoms with Crippen molar-refractivity contribution in [2.45, 2.75) is 40.3 Å². The van der Waals surface area contributed by atoms with Crippen LogP contribution in [0.3, 0.4) is 0 Å². The van der Waals surface area contributed by atoms with Gasteiger partial charge in [-0.25, -0.2) is 0 Å². The van der Waals surface area contributed by atoms with Gasteiger partial charge in [-0.2, -0.15) is 0 Å². The first-order valence-corrected chi connectivity index (χ1v) is 11.7. The van der Waals surface area contributed by atoms with Crippen LogP contribution < -0.4 is 4.74 Å². The molecule has 3 aromatic rings. The third-order valence-corrected chi connectivity index (χ3v) is 6.05. The largest absolute Gasteiger partial charge is 0.507 e. The number of pyridine rings is 1. The number of ketones is 1. The Bertz CT molecular complexity index is 1260. The van der Waals surface area contributed by atoms with E-state index in [1.807, 2.05) is 50.2 Å². The molecule has 1 aliphatic rings. The van der Waals surface area contributed by atoms with Crippen LogP contribution in [0.25, 0.3) is 5.76 Å². The van der Waals surface area contributed by atoms with Gasteiger partial charge >= 0.3 is 0 Å². The van der Waals surface area contributed by atoms with Crippen molar-refractivity contribution in [2.24, 2.45) is 5.92 Å².